The molecule has 0 radical (unpaired) electrons. The number of hydrogen-bond donors (Lipinski definition) is 3. The van der Waals surface area contributed by atoms with Crippen LogP contribution in [0, 0.1) is 6.92 Å². The van der Waals surface area contributed by atoms with Crippen molar-refractivity contribution < 1.29 is 10.2 Å². The predicted molar refractivity (Wildman–Crippen MR) is 100 cm³/mol. The molecule has 0 atom stereocenters. The van der Waals surface area contributed by atoms with E-state index in [9.17, 15) is 10.2 Å². The Hall–Kier alpha value is -1.88. The van der Waals surface area contributed by atoms with Gasteiger partial charge in [0.1, 0.15) is 5.75 Å². The van der Waals surface area contributed by atoms with Gasteiger partial charge >= 0.3 is 0 Å². The average molecular weight is 340 g/mol. The van der Waals surface area contributed by atoms with Crippen LogP contribution in [-0.4, -0.2) is 34.3 Å². The molecule has 0 amide bonds. The molecule has 2 aromatic carbocycles. The van der Waals surface area contributed by atoms with Crippen molar-refractivity contribution in [1.29, 1.82) is 0 Å². The molecule has 0 aromatic heterocycles. The molecule has 3 N–H and O–H groups in total. The number of piperidine rings is 1. The number of aryl methyl sites for hydroxylation is 1. The number of phenols is 1. The quantitative estimate of drug-likeness (QED) is 0.757. The van der Waals surface area contributed by atoms with Crippen molar-refractivity contribution in [2.24, 2.45) is 0 Å². The first-order chi connectivity index (χ1) is 12.1. The number of benzene rings is 2. The Labute approximate surface area is 150 Å². The van der Waals surface area contributed by atoms with E-state index in [4.69, 9.17) is 0 Å². The van der Waals surface area contributed by atoms with Crippen molar-refractivity contribution >= 4 is 0 Å². The van der Waals surface area contributed by atoms with Gasteiger partial charge in [-0.25, -0.2) is 0 Å². The lowest BCUT2D eigenvalue weighted by atomic mass is 10.0. The summed E-state index contributed by atoms with van der Waals surface area (Å²) in [5, 5.41) is 23.2. The topological polar surface area (TPSA) is 55.7 Å². The molecular weight excluding hydrogens is 312 g/mol. The Morgan fingerprint density at radius 3 is 2.36 bits per heavy atom. The second-order valence-electron chi connectivity index (χ2n) is 6.96. The highest BCUT2D eigenvalue weighted by molar-refractivity contribution is 5.39. The number of likely N-dealkylation sites (tertiary alicyclic amines) is 1. The van der Waals surface area contributed by atoms with Crippen molar-refractivity contribution in [2.45, 2.75) is 45.5 Å². The summed E-state index contributed by atoms with van der Waals surface area (Å²) in [5.74, 6) is 0.384. The van der Waals surface area contributed by atoms with Gasteiger partial charge in [-0.2, -0.15) is 0 Å². The number of aliphatic hydroxyl groups excluding tert-OH is 1. The zero-order chi connectivity index (χ0) is 17.6. The van der Waals surface area contributed by atoms with Crippen LogP contribution in [0.15, 0.2) is 42.5 Å². The van der Waals surface area contributed by atoms with Crippen LogP contribution in [-0.2, 0) is 19.6 Å². The molecule has 2 aromatic rings. The van der Waals surface area contributed by atoms with E-state index in [-0.39, 0.29) is 6.10 Å². The predicted octanol–water partition coefficient (Wildman–Crippen LogP) is 2.95. The van der Waals surface area contributed by atoms with Gasteiger partial charge in [0, 0.05) is 38.3 Å². The van der Waals surface area contributed by atoms with Gasteiger partial charge in [-0.15, -0.1) is 0 Å². The van der Waals surface area contributed by atoms with Crippen LogP contribution in [0.3, 0.4) is 0 Å². The number of aliphatic hydroxyl groups is 1. The van der Waals surface area contributed by atoms with E-state index in [1.165, 1.54) is 11.1 Å². The van der Waals surface area contributed by atoms with Crippen molar-refractivity contribution in [3.8, 4) is 5.75 Å². The van der Waals surface area contributed by atoms with Crippen molar-refractivity contribution in [1.82, 2.24) is 10.2 Å². The number of hydrogen-bond acceptors (Lipinski definition) is 4. The molecule has 1 fully saturated rings. The first-order valence-corrected chi connectivity index (χ1v) is 9.09. The summed E-state index contributed by atoms with van der Waals surface area (Å²) >= 11 is 0. The molecule has 3 rings (SSSR count). The summed E-state index contributed by atoms with van der Waals surface area (Å²) in [7, 11) is 0. The van der Waals surface area contributed by atoms with Crippen LogP contribution >= 0.6 is 0 Å². The molecule has 4 nitrogen and oxygen atoms in total. The lowest BCUT2D eigenvalue weighted by Crippen LogP contribution is -2.35. The highest BCUT2D eigenvalue weighted by Gasteiger charge is 2.17. The third-order valence-electron chi connectivity index (χ3n) is 5.02. The van der Waals surface area contributed by atoms with E-state index in [1.807, 2.05) is 25.1 Å². The van der Waals surface area contributed by atoms with Crippen molar-refractivity contribution in [3.05, 3.63) is 64.7 Å². The van der Waals surface area contributed by atoms with Gasteiger partial charge in [0.15, 0.2) is 0 Å². The highest BCUT2D eigenvalue weighted by Crippen LogP contribution is 2.21. The average Bonchev–Trinajstić information content (AvgIpc) is 2.62. The summed E-state index contributed by atoms with van der Waals surface area (Å²) in [6.45, 7) is 6.20. The number of nitrogens with zero attached hydrogens (tertiary/aromatic N) is 1. The summed E-state index contributed by atoms with van der Waals surface area (Å²) < 4.78 is 0. The van der Waals surface area contributed by atoms with E-state index in [0.29, 0.717) is 12.3 Å². The largest absolute Gasteiger partial charge is 0.507 e. The van der Waals surface area contributed by atoms with Gasteiger partial charge < -0.3 is 15.5 Å². The van der Waals surface area contributed by atoms with Crippen LogP contribution in [0.2, 0.25) is 0 Å². The zero-order valence-corrected chi connectivity index (χ0v) is 14.9. The van der Waals surface area contributed by atoms with E-state index in [2.05, 4.69) is 34.5 Å². The van der Waals surface area contributed by atoms with Crippen LogP contribution in [0.25, 0.3) is 0 Å². The second kappa shape index (κ2) is 8.48. The van der Waals surface area contributed by atoms with Crippen LogP contribution in [0.5, 0.6) is 5.75 Å². The molecule has 1 aliphatic rings. The third-order valence-corrected chi connectivity index (χ3v) is 5.02. The first-order valence-electron chi connectivity index (χ1n) is 9.09. The normalized spacial score (nSPS) is 16.2. The molecule has 4 heteroatoms. The molecule has 0 bridgehead atoms. The van der Waals surface area contributed by atoms with Gasteiger partial charge in [0.25, 0.3) is 0 Å². The van der Waals surface area contributed by atoms with E-state index >= 15 is 0 Å². The van der Waals surface area contributed by atoms with Gasteiger partial charge in [-0.3, -0.25) is 4.90 Å². The Morgan fingerprint density at radius 1 is 0.960 bits per heavy atom. The molecule has 0 saturated carbocycles. The molecule has 0 aliphatic carbocycles. The van der Waals surface area contributed by atoms with Gasteiger partial charge in [0.05, 0.1) is 6.10 Å². The van der Waals surface area contributed by atoms with Crippen molar-refractivity contribution in [3.63, 3.8) is 0 Å². The van der Waals surface area contributed by atoms with Gasteiger partial charge in [-0.05, 0) is 36.5 Å². The summed E-state index contributed by atoms with van der Waals surface area (Å²) in [6.07, 6.45) is 1.61. The fourth-order valence-electron chi connectivity index (χ4n) is 3.40. The minimum atomic E-state index is -0.129. The monoisotopic (exact) mass is 340 g/mol. The number of aromatic hydroxyl groups is 1. The molecular formula is C21H28N2O2. The number of rotatable bonds is 6. The van der Waals surface area contributed by atoms with E-state index in [0.717, 1.165) is 50.1 Å². The van der Waals surface area contributed by atoms with E-state index < -0.39 is 0 Å². The smallest absolute Gasteiger partial charge is 0.122 e. The summed E-state index contributed by atoms with van der Waals surface area (Å²) in [6, 6.07) is 14.4. The zero-order valence-electron chi connectivity index (χ0n) is 14.9. The minimum absolute atomic E-state index is 0.129. The summed E-state index contributed by atoms with van der Waals surface area (Å²) in [5.41, 5.74) is 4.47. The minimum Gasteiger partial charge on any atom is -0.507 e. The van der Waals surface area contributed by atoms with E-state index in [1.54, 1.807) is 0 Å². The standard InChI is InChI=1S/C21H28N2O2/c1-16-5-4-8-18(21(16)25)14-22-13-17-6-2-3-7-19(17)15-23-11-9-20(24)10-12-23/h2-8,20,22,24-25H,9-15H2,1H3. The Balaban J connectivity index is 1.58. The summed E-state index contributed by atoms with van der Waals surface area (Å²) in [4.78, 5) is 2.41. The number of nitrogens with one attached hydrogen (secondary N) is 1. The molecule has 134 valence electrons. The van der Waals surface area contributed by atoms with Crippen LogP contribution in [0.4, 0.5) is 0 Å². The lowest BCUT2D eigenvalue weighted by molar-refractivity contribution is 0.0791. The SMILES string of the molecule is Cc1cccc(CNCc2ccccc2CN2CCC(O)CC2)c1O. The third kappa shape index (κ3) is 4.82. The van der Waals surface area contributed by atoms with Crippen LogP contribution in [0.1, 0.15) is 35.1 Å². The van der Waals surface area contributed by atoms with Gasteiger partial charge in [-0.1, -0.05) is 42.5 Å². The lowest BCUT2D eigenvalue weighted by Gasteiger charge is -2.30. The number of para-hydroxylation sites is 1. The van der Waals surface area contributed by atoms with Gasteiger partial charge in [0.2, 0.25) is 0 Å². The highest BCUT2D eigenvalue weighted by atomic mass is 16.3. The Morgan fingerprint density at radius 2 is 1.60 bits per heavy atom. The molecule has 1 saturated heterocycles. The molecule has 0 unspecified atom stereocenters. The molecule has 1 aliphatic heterocycles. The van der Waals surface area contributed by atoms with Crippen LogP contribution < -0.4 is 5.32 Å². The maximum Gasteiger partial charge on any atom is 0.122 e. The second-order valence-corrected chi connectivity index (χ2v) is 6.96. The number of phenolic OH excluding ortho intramolecular Hbond substituents is 1. The Bertz CT molecular complexity index is 694. The fraction of sp³-hybridized carbons (Fsp3) is 0.429. The Kier molecular flexibility index (Phi) is 6.08. The maximum atomic E-state index is 10.1. The molecule has 0 spiro atoms. The van der Waals surface area contributed by atoms with Crippen molar-refractivity contribution in [2.75, 3.05) is 13.1 Å². The fourth-order valence-corrected chi connectivity index (χ4v) is 3.40. The molecule has 25 heavy (non-hydrogen) atoms. The molecule has 1 heterocycles. The first kappa shape index (κ1) is 17.9. The maximum absolute atomic E-state index is 10.1.